The Kier molecular flexibility index (Phi) is 9.37. The maximum absolute atomic E-state index is 13.0. The molecule has 9 nitrogen and oxygen atoms in total. The highest BCUT2D eigenvalue weighted by molar-refractivity contribution is 6.05. The Balaban J connectivity index is 1.72. The number of carbonyl (C=O) groups excluding carboxylic acids is 2. The van der Waals surface area contributed by atoms with Gasteiger partial charge in [0.25, 0.3) is 11.6 Å². The lowest BCUT2D eigenvalue weighted by molar-refractivity contribution is -0.384. The first kappa shape index (κ1) is 25.9. The van der Waals surface area contributed by atoms with E-state index in [2.05, 4.69) is 22.5 Å². The number of ether oxygens (including phenoxy) is 1. The minimum Gasteiger partial charge on any atom is -0.385 e. The summed E-state index contributed by atoms with van der Waals surface area (Å²) in [7, 11) is 1.62. The zero-order valence-corrected chi connectivity index (χ0v) is 20.2. The Labute approximate surface area is 205 Å². The molecule has 9 heteroatoms. The highest BCUT2D eigenvalue weighted by Gasteiger charge is 2.21. The summed E-state index contributed by atoms with van der Waals surface area (Å²) in [5.41, 5.74) is 2.55. The molecule has 3 rings (SSSR count). The van der Waals surface area contributed by atoms with E-state index in [1.54, 1.807) is 37.5 Å². The maximum Gasteiger partial charge on any atom is 0.269 e. The van der Waals surface area contributed by atoms with Gasteiger partial charge in [-0.25, -0.2) is 0 Å². The number of hydrogen-bond acceptors (Lipinski definition) is 6. The van der Waals surface area contributed by atoms with Gasteiger partial charge in [0.15, 0.2) is 0 Å². The van der Waals surface area contributed by atoms with Crippen LogP contribution in [-0.2, 0) is 9.53 Å². The summed E-state index contributed by atoms with van der Waals surface area (Å²) in [4.78, 5) is 38.0. The van der Waals surface area contributed by atoms with Crippen LogP contribution in [0.25, 0.3) is 6.08 Å². The summed E-state index contributed by atoms with van der Waals surface area (Å²) >= 11 is 0. The van der Waals surface area contributed by atoms with Crippen LogP contribution >= 0.6 is 0 Å². The summed E-state index contributed by atoms with van der Waals surface area (Å²) in [5.74, 6) is 0.111. The van der Waals surface area contributed by atoms with Crippen molar-refractivity contribution in [3.05, 3.63) is 69.8 Å². The van der Waals surface area contributed by atoms with E-state index in [0.29, 0.717) is 42.3 Å². The number of piperidine rings is 1. The van der Waals surface area contributed by atoms with E-state index in [1.807, 2.05) is 6.07 Å². The standard InChI is InChI=1S/C26H32N4O5/c1-19-12-15-29(16-13-19)24-10-7-21(18-23(24)26(32)27-14-3-17-35-2)28-25(31)11-6-20-4-8-22(9-5-20)30(33)34/h4-11,18-19H,3,12-17H2,1-2H3,(H,27,32)(H,28,31). The van der Waals surface area contributed by atoms with Gasteiger partial charge in [-0.3, -0.25) is 19.7 Å². The number of nitro groups is 1. The second-order valence-corrected chi connectivity index (χ2v) is 8.67. The predicted molar refractivity (Wildman–Crippen MR) is 137 cm³/mol. The van der Waals surface area contributed by atoms with Crippen LogP contribution in [0.2, 0.25) is 0 Å². The largest absolute Gasteiger partial charge is 0.385 e. The van der Waals surface area contributed by atoms with Crippen LogP contribution in [0.15, 0.2) is 48.5 Å². The molecule has 0 unspecified atom stereocenters. The van der Waals surface area contributed by atoms with E-state index < -0.39 is 4.92 Å². The molecule has 0 saturated carbocycles. The van der Waals surface area contributed by atoms with E-state index in [4.69, 9.17) is 4.74 Å². The first-order valence-corrected chi connectivity index (χ1v) is 11.8. The molecule has 1 fully saturated rings. The molecule has 2 aromatic carbocycles. The van der Waals surface area contributed by atoms with Crippen LogP contribution < -0.4 is 15.5 Å². The van der Waals surface area contributed by atoms with E-state index in [-0.39, 0.29) is 17.5 Å². The van der Waals surface area contributed by atoms with Gasteiger partial charge in [0, 0.05) is 62.9 Å². The van der Waals surface area contributed by atoms with E-state index in [1.165, 1.54) is 18.2 Å². The molecule has 0 aromatic heterocycles. The Bertz CT molecular complexity index is 1060. The third-order valence-corrected chi connectivity index (χ3v) is 5.97. The first-order valence-electron chi connectivity index (χ1n) is 11.8. The molecule has 0 spiro atoms. The first-order chi connectivity index (χ1) is 16.9. The molecular formula is C26H32N4O5. The quantitative estimate of drug-likeness (QED) is 0.227. The summed E-state index contributed by atoms with van der Waals surface area (Å²) in [6, 6.07) is 11.3. The van der Waals surface area contributed by atoms with Crippen LogP contribution in [-0.4, -0.2) is 50.1 Å². The summed E-state index contributed by atoms with van der Waals surface area (Å²) in [5, 5.41) is 16.5. The molecule has 0 radical (unpaired) electrons. The molecule has 1 aliphatic heterocycles. The number of nitrogens with one attached hydrogen (secondary N) is 2. The number of nitrogens with zero attached hydrogens (tertiary/aromatic N) is 2. The SMILES string of the molecule is COCCCNC(=O)c1cc(NC(=O)C=Cc2ccc([N+](=O)[O-])cc2)ccc1N1CCC(C)CC1. The molecule has 2 N–H and O–H groups in total. The number of carbonyl (C=O) groups is 2. The van der Waals surface area contributed by atoms with Crippen LogP contribution in [0, 0.1) is 16.0 Å². The molecule has 2 aromatic rings. The molecule has 0 atom stereocenters. The maximum atomic E-state index is 13.0. The number of anilines is 2. The highest BCUT2D eigenvalue weighted by atomic mass is 16.6. The normalized spacial score (nSPS) is 14.2. The minimum atomic E-state index is -0.473. The third-order valence-electron chi connectivity index (χ3n) is 5.97. The van der Waals surface area contributed by atoms with Crippen LogP contribution in [0.5, 0.6) is 0 Å². The minimum absolute atomic E-state index is 0.0112. The fourth-order valence-electron chi connectivity index (χ4n) is 3.90. The molecule has 1 aliphatic rings. The van der Waals surface area contributed by atoms with Gasteiger partial charge in [-0.2, -0.15) is 0 Å². The number of non-ortho nitro benzene ring substituents is 1. The van der Waals surface area contributed by atoms with Gasteiger partial charge in [-0.15, -0.1) is 0 Å². The lowest BCUT2D eigenvalue weighted by Crippen LogP contribution is -2.35. The van der Waals surface area contributed by atoms with Crippen molar-refractivity contribution in [1.82, 2.24) is 5.32 Å². The van der Waals surface area contributed by atoms with Crippen LogP contribution in [0.1, 0.15) is 42.1 Å². The van der Waals surface area contributed by atoms with E-state index >= 15 is 0 Å². The van der Waals surface area contributed by atoms with Crippen LogP contribution in [0.3, 0.4) is 0 Å². The van der Waals surface area contributed by atoms with Crippen molar-refractivity contribution >= 4 is 35.0 Å². The van der Waals surface area contributed by atoms with Crippen molar-refractivity contribution in [2.45, 2.75) is 26.2 Å². The second kappa shape index (κ2) is 12.7. The Morgan fingerprint density at radius 1 is 1.17 bits per heavy atom. The Hall–Kier alpha value is -3.72. The number of hydrogen-bond donors (Lipinski definition) is 2. The molecule has 1 saturated heterocycles. The second-order valence-electron chi connectivity index (χ2n) is 8.67. The van der Waals surface area contributed by atoms with Gasteiger partial charge < -0.3 is 20.3 Å². The monoisotopic (exact) mass is 480 g/mol. The highest BCUT2D eigenvalue weighted by Crippen LogP contribution is 2.29. The Morgan fingerprint density at radius 3 is 2.54 bits per heavy atom. The van der Waals surface area contributed by atoms with E-state index in [0.717, 1.165) is 31.6 Å². The smallest absolute Gasteiger partial charge is 0.269 e. The average Bonchev–Trinajstić information content (AvgIpc) is 2.86. The average molecular weight is 481 g/mol. The van der Waals surface area contributed by atoms with Crippen molar-refractivity contribution in [3.8, 4) is 0 Å². The fraction of sp³-hybridized carbons (Fsp3) is 0.385. The molecule has 0 bridgehead atoms. The predicted octanol–water partition coefficient (Wildman–Crippen LogP) is 4.25. The van der Waals surface area contributed by atoms with Crippen molar-refractivity contribution in [2.75, 3.05) is 43.6 Å². The number of amides is 2. The fourth-order valence-corrected chi connectivity index (χ4v) is 3.90. The molecule has 1 heterocycles. The van der Waals surface area contributed by atoms with Crippen molar-refractivity contribution in [1.29, 1.82) is 0 Å². The summed E-state index contributed by atoms with van der Waals surface area (Å²) < 4.78 is 5.05. The summed E-state index contributed by atoms with van der Waals surface area (Å²) in [6.45, 7) is 5.07. The Morgan fingerprint density at radius 2 is 1.89 bits per heavy atom. The zero-order chi connectivity index (χ0) is 25.2. The van der Waals surface area contributed by atoms with Gasteiger partial charge in [-0.1, -0.05) is 6.92 Å². The topological polar surface area (TPSA) is 114 Å². The lowest BCUT2D eigenvalue weighted by Gasteiger charge is -2.33. The number of nitro benzene ring substituents is 1. The zero-order valence-electron chi connectivity index (χ0n) is 20.2. The van der Waals surface area contributed by atoms with Crippen LogP contribution in [0.4, 0.5) is 17.1 Å². The number of benzene rings is 2. The van der Waals surface area contributed by atoms with Crippen molar-refractivity contribution in [3.63, 3.8) is 0 Å². The number of methoxy groups -OCH3 is 1. The third kappa shape index (κ3) is 7.65. The van der Waals surface area contributed by atoms with Crippen molar-refractivity contribution in [2.24, 2.45) is 5.92 Å². The van der Waals surface area contributed by atoms with Gasteiger partial charge in [0.2, 0.25) is 5.91 Å². The van der Waals surface area contributed by atoms with Gasteiger partial charge in [0.05, 0.1) is 10.5 Å². The molecule has 2 amide bonds. The van der Waals surface area contributed by atoms with Gasteiger partial charge >= 0.3 is 0 Å². The van der Waals surface area contributed by atoms with E-state index in [9.17, 15) is 19.7 Å². The molecule has 35 heavy (non-hydrogen) atoms. The number of rotatable bonds is 10. The molecule has 186 valence electrons. The van der Waals surface area contributed by atoms with Gasteiger partial charge in [-0.05, 0) is 67.2 Å². The molecule has 0 aliphatic carbocycles. The van der Waals surface area contributed by atoms with Gasteiger partial charge in [0.1, 0.15) is 0 Å². The van der Waals surface area contributed by atoms with Crippen molar-refractivity contribution < 1.29 is 19.2 Å². The summed E-state index contributed by atoms with van der Waals surface area (Å²) in [6.07, 6.45) is 5.78. The lowest BCUT2D eigenvalue weighted by atomic mass is 9.97. The molecular weight excluding hydrogens is 448 g/mol.